The van der Waals surface area contributed by atoms with Gasteiger partial charge in [-0.1, -0.05) is 30.3 Å². The predicted octanol–water partition coefficient (Wildman–Crippen LogP) is 4.32. The Morgan fingerprint density at radius 2 is 1.88 bits per heavy atom. The Morgan fingerprint density at radius 3 is 2.68 bits per heavy atom. The molecule has 176 valence electrons. The minimum atomic E-state index is -0.101. The van der Waals surface area contributed by atoms with E-state index >= 15 is 0 Å². The van der Waals surface area contributed by atoms with Gasteiger partial charge in [-0.25, -0.2) is 0 Å². The Kier molecular flexibility index (Phi) is 5.85. The first-order valence-electron chi connectivity index (χ1n) is 12.2. The van der Waals surface area contributed by atoms with Gasteiger partial charge in [0.05, 0.1) is 25.5 Å². The van der Waals surface area contributed by atoms with Crippen molar-refractivity contribution >= 4 is 0 Å². The zero-order chi connectivity index (χ0) is 22.9. The topological polar surface area (TPSA) is 58.9 Å². The highest BCUT2D eigenvalue weighted by molar-refractivity contribution is 5.73. The minimum Gasteiger partial charge on any atom is -0.490 e. The van der Waals surface area contributed by atoms with E-state index in [-0.39, 0.29) is 11.7 Å². The van der Waals surface area contributed by atoms with Crippen molar-refractivity contribution in [1.82, 2.24) is 4.57 Å². The number of ether oxygens (including phenoxy) is 4. The molecule has 2 aromatic carbocycles. The van der Waals surface area contributed by atoms with E-state index in [4.69, 9.17) is 18.9 Å². The number of hydrogen-bond donors (Lipinski definition) is 0. The third-order valence-electron chi connectivity index (χ3n) is 6.79. The fourth-order valence-corrected chi connectivity index (χ4v) is 4.92. The SMILES string of the molecule is O=c1cc(OCC2COCCO2)c(C2CC2)c2n1CCc1cc(OCc3ccccc3)ccc1-2. The van der Waals surface area contributed by atoms with Gasteiger partial charge in [-0.3, -0.25) is 4.79 Å². The highest BCUT2D eigenvalue weighted by Crippen LogP contribution is 2.49. The van der Waals surface area contributed by atoms with Crippen molar-refractivity contribution in [1.29, 1.82) is 0 Å². The molecular formula is C28H29NO5. The molecule has 0 bridgehead atoms. The molecule has 3 heterocycles. The van der Waals surface area contributed by atoms with Crippen LogP contribution in [0.3, 0.4) is 0 Å². The predicted molar refractivity (Wildman–Crippen MR) is 129 cm³/mol. The van der Waals surface area contributed by atoms with E-state index < -0.39 is 0 Å². The van der Waals surface area contributed by atoms with Gasteiger partial charge in [-0.15, -0.1) is 0 Å². The normalized spacial score (nSPS) is 19.2. The van der Waals surface area contributed by atoms with E-state index in [0.717, 1.165) is 47.4 Å². The summed E-state index contributed by atoms with van der Waals surface area (Å²) in [5.74, 6) is 1.98. The summed E-state index contributed by atoms with van der Waals surface area (Å²) in [6.45, 7) is 3.33. The van der Waals surface area contributed by atoms with Crippen molar-refractivity contribution in [3.05, 3.63) is 81.6 Å². The van der Waals surface area contributed by atoms with E-state index in [1.807, 2.05) is 28.8 Å². The fourth-order valence-electron chi connectivity index (χ4n) is 4.92. The molecular weight excluding hydrogens is 430 g/mol. The number of benzene rings is 2. The quantitative estimate of drug-likeness (QED) is 0.527. The Bertz CT molecular complexity index is 1230. The maximum Gasteiger partial charge on any atom is 0.254 e. The summed E-state index contributed by atoms with van der Waals surface area (Å²) < 4.78 is 25.4. The Morgan fingerprint density at radius 1 is 1.00 bits per heavy atom. The lowest BCUT2D eigenvalue weighted by Crippen LogP contribution is -2.34. The van der Waals surface area contributed by atoms with Crippen LogP contribution in [0, 0.1) is 0 Å². The van der Waals surface area contributed by atoms with Crippen LogP contribution in [0.25, 0.3) is 11.3 Å². The highest BCUT2D eigenvalue weighted by atomic mass is 16.6. The van der Waals surface area contributed by atoms with Crippen LogP contribution in [0.4, 0.5) is 0 Å². The van der Waals surface area contributed by atoms with Crippen LogP contribution in [0.1, 0.15) is 35.4 Å². The first kappa shape index (κ1) is 21.4. The van der Waals surface area contributed by atoms with Crippen molar-refractivity contribution < 1.29 is 18.9 Å². The number of pyridine rings is 1. The van der Waals surface area contributed by atoms with Gasteiger partial charge in [0, 0.05) is 23.7 Å². The third kappa shape index (κ3) is 4.36. The van der Waals surface area contributed by atoms with Crippen molar-refractivity contribution in [2.75, 3.05) is 26.4 Å². The number of rotatable bonds is 7. The fraction of sp³-hybridized carbons (Fsp3) is 0.393. The summed E-state index contributed by atoms with van der Waals surface area (Å²) >= 11 is 0. The van der Waals surface area contributed by atoms with Crippen molar-refractivity contribution in [2.24, 2.45) is 0 Å². The highest BCUT2D eigenvalue weighted by Gasteiger charge is 2.34. The van der Waals surface area contributed by atoms with Crippen LogP contribution < -0.4 is 15.0 Å². The molecule has 1 saturated heterocycles. The maximum absolute atomic E-state index is 13.1. The minimum absolute atomic E-state index is 0.00901. The summed E-state index contributed by atoms with van der Waals surface area (Å²) in [6, 6.07) is 18.1. The van der Waals surface area contributed by atoms with Crippen LogP contribution >= 0.6 is 0 Å². The maximum atomic E-state index is 13.1. The summed E-state index contributed by atoms with van der Waals surface area (Å²) in [4.78, 5) is 13.1. The first-order chi connectivity index (χ1) is 16.8. The molecule has 0 radical (unpaired) electrons. The summed E-state index contributed by atoms with van der Waals surface area (Å²) in [5, 5.41) is 0. The molecule has 1 aromatic heterocycles. The van der Waals surface area contributed by atoms with Gasteiger partial charge in [0.1, 0.15) is 30.8 Å². The molecule has 0 amide bonds. The van der Waals surface area contributed by atoms with Gasteiger partial charge in [0.25, 0.3) is 5.56 Å². The van der Waals surface area contributed by atoms with E-state index in [9.17, 15) is 4.79 Å². The van der Waals surface area contributed by atoms with Gasteiger partial charge in [-0.2, -0.15) is 0 Å². The van der Waals surface area contributed by atoms with Gasteiger partial charge >= 0.3 is 0 Å². The second kappa shape index (κ2) is 9.28. The second-order valence-corrected chi connectivity index (χ2v) is 9.26. The molecule has 3 aliphatic rings. The third-order valence-corrected chi connectivity index (χ3v) is 6.79. The monoisotopic (exact) mass is 459 g/mol. The molecule has 0 spiro atoms. The number of nitrogens with zero attached hydrogens (tertiary/aromatic N) is 1. The van der Waals surface area contributed by atoms with Gasteiger partial charge in [0.15, 0.2) is 0 Å². The molecule has 1 atom stereocenters. The van der Waals surface area contributed by atoms with E-state index in [0.29, 0.717) is 51.2 Å². The lowest BCUT2D eigenvalue weighted by Gasteiger charge is -2.28. The Balaban J connectivity index is 1.31. The second-order valence-electron chi connectivity index (χ2n) is 9.26. The molecule has 1 aliphatic carbocycles. The van der Waals surface area contributed by atoms with Gasteiger partial charge < -0.3 is 23.5 Å². The lowest BCUT2D eigenvalue weighted by molar-refractivity contribution is -0.101. The number of fused-ring (bicyclic) bond motifs is 3. The van der Waals surface area contributed by atoms with Crippen LogP contribution in [0.15, 0.2) is 59.4 Å². The zero-order valence-electron chi connectivity index (χ0n) is 19.2. The van der Waals surface area contributed by atoms with Crippen molar-refractivity contribution in [3.63, 3.8) is 0 Å². The molecule has 1 saturated carbocycles. The summed E-state index contributed by atoms with van der Waals surface area (Å²) in [5.41, 5.74) is 5.64. The van der Waals surface area contributed by atoms with Gasteiger partial charge in [-0.05, 0) is 54.5 Å². The Labute approximate surface area is 199 Å². The molecule has 0 N–H and O–H groups in total. The zero-order valence-corrected chi connectivity index (χ0v) is 19.2. The van der Waals surface area contributed by atoms with Gasteiger partial charge in [0.2, 0.25) is 0 Å². The van der Waals surface area contributed by atoms with Crippen LogP contribution in [-0.2, 0) is 29.0 Å². The molecule has 1 unspecified atom stereocenters. The molecule has 2 fully saturated rings. The molecule has 2 aliphatic heterocycles. The van der Waals surface area contributed by atoms with Crippen molar-refractivity contribution in [2.45, 2.75) is 44.4 Å². The average molecular weight is 460 g/mol. The average Bonchev–Trinajstić information content (AvgIpc) is 3.72. The molecule has 3 aromatic rings. The summed E-state index contributed by atoms with van der Waals surface area (Å²) in [6.07, 6.45) is 2.95. The molecule has 6 heteroatoms. The molecule has 6 nitrogen and oxygen atoms in total. The van der Waals surface area contributed by atoms with Crippen LogP contribution in [-0.4, -0.2) is 37.1 Å². The first-order valence-corrected chi connectivity index (χ1v) is 12.2. The largest absolute Gasteiger partial charge is 0.490 e. The Hall–Kier alpha value is -3.09. The van der Waals surface area contributed by atoms with E-state index in [2.05, 4.69) is 24.3 Å². The smallest absolute Gasteiger partial charge is 0.254 e. The standard InChI is InChI=1S/C28H29NO5/c30-26-15-25(34-18-23-17-31-12-13-32-23)27(20-6-7-20)28-24-9-8-22(14-21(24)10-11-29(26)28)33-16-19-4-2-1-3-5-19/h1-5,8-9,14-15,20,23H,6-7,10-13,16-18H2. The van der Waals surface area contributed by atoms with Crippen LogP contribution in [0.2, 0.25) is 0 Å². The number of aromatic nitrogens is 1. The summed E-state index contributed by atoms with van der Waals surface area (Å²) in [7, 11) is 0. The molecule has 34 heavy (non-hydrogen) atoms. The number of hydrogen-bond acceptors (Lipinski definition) is 5. The van der Waals surface area contributed by atoms with Crippen LogP contribution in [0.5, 0.6) is 11.5 Å². The lowest BCUT2D eigenvalue weighted by atomic mass is 9.92. The number of aryl methyl sites for hydroxylation is 1. The van der Waals surface area contributed by atoms with E-state index in [1.54, 1.807) is 6.07 Å². The molecule has 6 rings (SSSR count). The van der Waals surface area contributed by atoms with Crippen molar-refractivity contribution in [3.8, 4) is 22.8 Å². The van der Waals surface area contributed by atoms with E-state index in [1.165, 1.54) is 5.56 Å².